The molecular weight excluding hydrogens is 256 g/mol. The molecule has 1 N–H and O–H groups in total. The maximum atomic E-state index is 12.0. The summed E-state index contributed by atoms with van der Waals surface area (Å²) in [5.41, 5.74) is 0.660. The van der Waals surface area contributed by atoms with E-state index in [-0.39, 0.29) is 12.6 Å². The van der Waals surface area contributed by atoms with E-state index in [4.69, 9.17) is 9.47 Å². The smallest absolute Gasteiger partial charge is 0.261 e. The molecule has 5 nitrogen and oxygen atoms in total. The van der Waals surface area contributed by atoms with Gasteiger partial charge in [-0.1, -0.05) is 6.92 Å². The van der Waals surface area contributed by atoms with Crippen LogP contribution in [0.3, 0.4) is 0 Å². The number of alkyl halides is 2. The van der Waals surface area contributed by atoms with E-state index in [0.29, 0.717) is 18.0 Å². The van der Waals surface area contributed by atoms with Gasteiger partial charge >= 0.3 is 0 Å². The standard InChI is InChI=1S/C12H19F2N3O2/c1-3-15-9(4-7-19-8-10(13)14)11-12(18-2)17-6-5-16-11/h5-6,9-10,15H,3-4,7-8H2,1-2H3. The second kappa shape index (κ2) is 8.71. The van der Waals surface area contributed by atoms with Crippen molar-refractivity contribution < 1.29 is 18.3 Å². The van der Waals surface area contributed by atoms with Crippen molar-refractivity contribution in [3.8, 4) is 5.88 Å². The van der Waals surface area contributed by atoms with Gasteiger partial charge in [0.15, 0.2) is 0 Å². The monoisotopic (exact) mass is 275 g/mol. The van der Waals surface area contributed by atoms with Gasteiger partial charge in [-0.25, -0.2) is 13.8 Å². The molecule has 1 heterocycles. The molecule has 1 aromatic rings. The Hall–Kier alpha value is -1.34. The fourth-order valence-electron chi connectivity index (χ4n) is 1.69. The lowest BCUT2D eigenvalue weighted by atomic mass is 10.1. The molecule has 19 heavy (non-hydrogen) atoms. The summed E-state index contributed by atoms with van der Waals surface area (Å²) in [7, 11) is 1.52. The van der Waals surface area contributed by atoms with E-state index in [9.17, 15) is 8.78 Å². The van der Waals surface area contributed by atoms with Gasteiger partial charge in [-0.2, -0.15) is 0 Å². The van der Waals surface area contributed by atoms with Crippen molar-refractivity contribution in [2.45, 2.75) is 25.8 Å². The van der Waals surface area contributed by atoms with Gasteiger partial charge in [0, 0.05) is 19.0 Å². The fourth-order valence-corrected chi connectivity index (χ4v) is 1.69. The van der Waals surface area contributed by atoms with Gasteiger partial charge in [-0.05, 0) is 13.0 Å². The second-order valence-electron chi connectivity index (χ2n) is 3.82. The molecule has 1 unspecified atom stereocenters. The summed E-state index contributed by atoms with van der Waals surface area (Å²) >= 11 is 0. The number of methoxy groups -OCH3 is 1. The largest absolute Gasteiger partial charge is 0.480 e. The maximum Gasteiger partial charge on any atom is 0.261 e. The van der Waals surface area contributed by atoms with Gasteiger partial charge in [0.05, 0.1) is 13.2 Å². The molecule has 0 aliphatic rings. The summed E-state index contributed by atoms with van der Waals surface area (Å²) in [5.74, 6) is 0.433. The molecule has 0 fully saturated rings. The maximum absolute atomic E-state index is 12.0. The van der Waals surface area contributed by atoms with Crippen molar-refractivity contribution in [2.75, 3.05) is 26.9 Å². The van der Waals surface area contributed by atoms with Crippen molar-refractivity contribution in [3.05, 3.63) is 18.1 Å². The van der Waals surface area contributed by atoms with Gasteiger partial charge in [-0.3, -0.25) is 4.98 Å². The number of halogens is 2. The predicted octanol–water partition coefficient (Wildman–Crippen LogP) is 1.81. The normalized spacial score (nSPS) is 12.7. The number of hydrogen-bond acceptors (Lipinski definition) is 5. The van der Waals surface area contributed by atoms with Crippen LogP contribution in [0.2, 0.25) is 0 Å². The average Bonchev–Trinajstić information content (AvgIpc) is 2.42. The Labute approximate surface area is 111 Å². The minimum atomic E-state index is -2.44. The number of aromatic nitrogens is 2. The molecule has 0 saturated carbocycles. The molecular formula is C12H19F2N3O2. The minimum absolute atomic E-state index is 0.133. The van der Waals surface area contributed by atoms with Crippen molar-refractivity contribution in [2.24, 2.45) is 0 Å². The second-order valence-corrected chi connectivity index (χ2v) is 3.82. The van der Waals surface area contributed by atoms with Crippen molar-refractivity contribution in [1.82, 2.24) is 15.3 Å². The van der Waals surface area contributed by atoms with Crippen LogP contribution in [0, 0.1) is 0 Å². The Morgan fingerprint density at radius 3 is 2.68 bits per heavy atom. The highest BCUT2D eigenvalue weighted by Gasteiger charge is 2.17. The minimum Gasteiger partial charge on any atom is -0.480 e. The predicted molar refractivity (Wildman–Crippen MR) is 66.4 cm³/mol. The van der Waals surface area contributed by atoms with Crippen molar-refractivity contribution in [3.63, 3.8) is 0 Å². The summed E-state index contributed by atoms with van der Waals surface area (Å²) in [5, 5.41) is 3.21. The first kappa shape index (κ1) is 15.7. The van der Waals surface area contributed by atoms with Crippen LogP contribution in [-0.4, -0.2) is 43.3 Å². The van der Waals surface area contributed by atoms with Crippen LogP contribution in [0.1, 0.15) is 25.1 Å². The van der Waals surface area contributed by atoms with Gasteiger partial charge in [0.1, 0.15) is 12.3 Å². The zero-order valence-electron chi connectivity index (χ0n) is 11.1. The number of nitrogens with zero attached hydrogens (tertiary/aromatic N) is 2. The van der Waals surface area contributed by atoms with Crippen LogP contribution in [0.4, 0.5) is 8.78 Å². The quantitative estimate of drug-likeness (QED) is 0.697. The van der Waals surface area contributed by atoms with E-state index < -0.39 is 13.0 Å². The molecule has 1 aromatic heterocycles. The highest BCUT2D eigenvalue weighted by Crippen LogP contribution is 2.22. The topological polar surface area (TPSA) is 56.3 Å². The van der Waals surface area contributed by atoms with Gasteiger partial charge < -0.3 is 14.8 Å². The van der Waals surface area contributed by atoms with E-state index in [1.54, 1.807) is 12.4 Å². The fraction of sp³-hybridized carbons (Fsp3) is 0.667. The molecule has 0 saturated heterocycles. The third kappa shape index (κ3) is 5.44. The molecule has 1 rings (SSSR count). The first-order valence-electron chi connectivity index (χ1n) is 6.13. The van der Waals surface area contributed by atoms with Crippen molar-refractivity contribution >= 4 is 0 Å². The van der Waals surface area contributed by atoms with Crippen LogP contribution in [-0.2, 0) is 4.74 Å². The van der Waals surface area contributed by atoms with E-state index in [1.807, 2.05) is 6.92 Å². The van der Waals surface area contributed by atoms with Gasteiger partial charge in [0.2, 0.25) is 5.88 Å². The van der Waals surface area contributed by atoms with Crippen LogP contribution < -0.4 is 10.1 Å². The lowest BCUT2D eigenvalue weighted by Crippen LogP contribution is -2.24. The van der Waals surface area contributed by atoms with Crippen molar-refractivity contribution in [1.29, 1.82) is 0 Å². The highest BCUT2D eigenvalue weighted by atomic mass is 19.3. The number of rotatable bonds is 9. The lowest BCUT2D eigenvalue weighted by molar-refractivity contribution is 0.0142. The zero-order chi connectivity index (χ0) is 14.1. The van der Waals surface area contributed by atoms with E-state index in [0.717, 1.165) is 6.54 Å². The van der Waals surface area contributed by atoms with Crippen LogP contribution >= 0.6 is 0 Å². The molecule has 0 aromatic carbocycles. The third-order valence-corrected chi connectivity index (χ3v) is 2.46. The summed E-state index contributed by atoms with van der Waals surface area (Å²) in [4.78, 5) is 8.30. The first-order valence-corrected chi connectivity index (χ1v) is 6.13. The van der Waals surface area contributed by atoms with Gasteiger partial charge in [-0.15, -0.1) is 0 Å². The summed E-state index contributed by atoms with van der Waals surface area (Å²) in [6.07, 6.45) is 1.19. The van der Waals surface area contributed by atoms with Crippen LogP contribution in [0.5, 0.6) is 5.88 Å². The molecule has 0 bridgehead atoms. The Kier molecular flexibility index (Phi) is 7.20. The first-order chi connectivity index (χ1) is 9.19. The molecule has 1 atom stereocenters. The number of hydrogen-bond donors (Lipinski definition) is 1. The molecule has 0 aliphatic heterocycles. The van der Waals surface area contributed by atoms with E-state index in [2.05, 4.69) is 15.3 Å². The highest BCUT2D eigenvalue weighted by molar-refractivity contribution is 5.21. The number of ether oxygens (including phenoxy) is 2. The van der Waals surface area contributed by atoms with E-state index in [1.165, 1.54) is 7.11 Å². The molecule has 0 amide bonds. The summed E-state index contributed by atoms with van der Waals surface area (Å²) in [6.45, 7) is 2.35. The molecule has 0 spiro atoms. The molecule has 108 valence electrons. The molecule has 7 heteroatoms. The lowest BCUT2D eigenvalue weighted by Gasteiger charge is -2.18. The Bertz CT molecular complexity index is 367. The van der Waals surface area contributed by atoms with Crippen LogP contribution in [0.15, 0.2) is 12.4 Å². The van der Waals surface area contributed by atoms with E-state index >= 15 is 0 Å². The molecule has 0 radical (unpaired) electrons. The summed E-state index contributed by atoms with van der Waals surface area (Å²) < 4.78 is 34.0. The molecule has 0 aliphatic carbocycles. The summed E-state index contributed by atoms with van der Waals surface area (Å²) in [6, 6.07) is -0.133. The van der Waals surface area contributed by atoms with Crippen LogP contribution in [0.25, 0.3) is 0 Å². The Balaban J connectivity index is 2.60. The van der Waals surface area contributed by atoms with Gasteiger partial charge in [0.25, 0.3) is 6.43 Å². The Morgan fingerprint density at radius 2 is 2.05 bits per heavy atom. The third-order valence-electron chi connectivity index (χ3n) is 2.46. The SMILES string of the molecule is CCNC(CCOCC(F)F)c1nccnc1OC. The Morgan fingerprint density at radius 1 is 1.32 bits per heavy atom. The number of nitrogens with one attached hydrogen (secondary N) is 1. The zero-order valence-corrected chi connectivity index (χ0v) is 11.1. The average molecular weight is 275 g/mol.